The Morgan fingerprint density at radius 3 is 1.97 bits per heavy atom. The third-order valence-electron chi connectivity index (χ3n) is 15.6. The highest BCUT2D eigenvalue weighted by Crippen LogP contribution is 2.55. The summed E-state index contributed by atoms with van der Waals surface area (Å²) in [5.41, 5.74) is 2.41. The van der Waals surface area contributed by atoms with Crippen molar-refractivity contribution in [1.29, 1.82) is 5.26 Å². The van der Waals surface area contributed by atoms with Crippen LogP contribution in [0.5, 0.6) is 11.5 Å². The molecule has 1 unspecified atom stereocenters. The van der Waals surface area contributed by atoms with E-state index in [1.165, 1.54) is 0 Å². The molecule has 5 amide bonds. The lowest BCUT2D eigenvalue weighted by molar-refractivity contribution is -0.164. The van der Waals surface area contributed by atoms with E-state index < -0.39 is 29.7 Å². The molecule has 2 saturated carbocycles. The Balaban J connectivity index is 0.811. The number of fused-ring (bicyclic) bond motifs is 1. The minimum atomic E-state index is -1.04. The van der Waals surface area contributed by atoms with Gasteiger partial charge in [0.05, 0.1) is 87.8 Å². The summed E-state index contributed by atoms with van der Waals surface area (Å²) >= 11 is 0. The molecule has 1 aromatic heterocycles. The van der Waals surface area contributed by atoms with E-state index in [1.54, 1.807) is 37.7 Å². The van der Waals surface area contributed by atoms with Gasteiger partial charge in [-0.3, -0.25) is 39.1 Å². The van der Waals surface area contributed by atoms with Crippen molar-refractivity contribution >= 4 is 35.5 Å². The number of carbonyl (C=O) groups excluding carboxylic acids is 5. The first-order chi connectivity index (χ1) is 36.5. The number of hydrogen-bond donors (Lipinski definition) is 2. The quantitative estimate of drug-likeness (QED) is 0.0810. The molecule has 0 bridgehead atoms. The molecule has 4 heterocycles. The van der Waals surface area contributed by atoms with Crippen molar-refractivity contribution in [3.8, 4) is 17.6 Å². The van der Waals surface area contributed by atoms with E-state index >= 15 is 0 Å². The van der Waals surface area contributed by atoms with Crippen molar-refractivity contribution in [2.24, 2.45) is 16.7 Å². The van der Waals surface area contributed by atoms with Gasteiger partial charge in [0.2, 0.25) is 17.8 Å². The largest absolute Gasteiger partial charge is 0.490 e. The number of hydrogen-bond acceptors (Lipinski definition) is 17. The minimum absolute atomic E-state index is 0.0507. The van der Waals surface area contributed by atoms with Crippen molar-refractivity contribution in [2.75, 3.05) is 97.7 Å². The van der Waals surface area contributed by atoms with E-state index in [0.717, 1.165) is 67.9 Å². The minimum Gasteiger partial charge on any atom is -0.490 e. The first-order valence-corrected chi connectivity index (χ1v) is 26.6. The van der Waals surface area contributed by atoms with Crippen LogP contribution >= 0.6 is 0 Å². The third-order valence-corrected chi connectivity index (χ3v) is 15.6. The number of nitrogens with one attached hydrogen (secondary N) is 2. The fraction of sp³-hybridized carbons (Fsp3) is 0.607. The lowest BCUT2D eigenvalue weighted by Gasteiger charge is -2.63. The molecule has 0 spiro atoms. The van der Waals surface area contributed by atoms with Gasteiger partial charge in [0.25, 0.3) is 17.7 Å². The summed E-state index contributed by atoms with van der Waals surface area (Å²) in [5.74, 6) is -0.243. The van der Waals surface area contributed by atoms with E-state index in [4.69, 9.17) is 33.2 Å². The molecular weight excluding hydrogens is 977 g/mol. The second kappa shape index (κ2) is 24.9. The Labute approximate surface area is 445 Å². The summed E-state index contributed by atoms with van der Waals surface area (Å²) in [7, 11) is 1.64. The fourth-order valence-electron chi connectivity index (χ4n) is 11.7. The van der Waals surface area contributed by atoms with Crippen LogP contribution in [0.2, 0.25) is 0 Å². The fourth-order valence-corrected chi connectivity index (χ4v) is 11.7. The molecule has 2 N–H and O–H groups in total. The maximum atomic E-state index is 13.7. The lowest BCUT2D eigenvalue weighted by Crippen LogP contribution is -2.74. The van der Waals surface area contributed by atoms with Gasteiger partial charge in [0.15, 0.2) is 0 Å². The summed E-state index contributed by atoms with van der Waals surface area (Å²) in [6.45, 7) is 19.8. The molecule has 2 aromatic carbocycles. The number of rotatable bonds is 26. The number of piperidine rings is 2. The van der Waals surface area contributed by atoms with Crippen LogP contribution in [0.25, 0.3) is 0 Å². The molecule has 76 heavy (non-hydrogen) atoms. The standard InChI is InChI=1S/C56H74N8O12/c1-35-26-41(27-36(2)45(35)31-57)76-53-55(3,4)52(56(53,5)6)61-48(66)38-32-58-54(59-33-38)62-14-12-37(13-15-62)34-63(16-17-71-20-21-73-24-25-74-23-22-72-19-18-70-7)39-28-42(29-39)75-40-8-9-43-44(30-40)51(69)64(50(43)68)46-10-11-47(65)60-49(46)67/h8-9,26-27,30,32-33,37,39,42,46,52-53H,10-25,28-29,34H2,1-7H3,(H,61,66)(H,60,65,67). The van der Waals surface area contributed by atoms with Crippen LogP contribution in [-0.2, 0) is 33.3 Å². The Hall–Kier alpha value is -6.08. The number of nitriles is 1. The van der Waals surface area contributed by atoms with Crippen molar-refractivity contribution in [3.05, 3.63) is 76.1 Å². The average Bonchev–Trinajstić information content (AvgIpc) is 3.66. The highest BCUT2D eigenvalue weighted by Gasteiger charge is 2.64. The maximum absolute atomic E-state index is 13.7. The molecule has 1 atom stereocenters. The number of amides is 5. The summed E-state index contributed by atoms with van der Waals surface area (Å²) in [5, 5.41) is 15.0. The van der Waals surface area contributed by atoms with Gasteiger partial charge in [0, 0.05) is 87.9 Å². The zero-order valence-corrected chi connectivity index (χ0v) is 45.0. The molecule has 20 heteroatoms. The summed E-state index contributed by atoms with van der Waals surface area (Å²) in [6.07, 6.45) is 6.45. The smallest absolute Gasteiger partial charge is 0.262 e. The number of imide groups is 2. The van der Waals surface area contributed by atoms with Gasteiger partial charge in [-0.15, -0.1) is 0 Å². The van der Waals surface area contributed by atoms with Crippen molar-refractivity contribution < 1.29 is 57.1 Å². The zero-order chi connectivity index (χ0) is 54.1. The van der Waals surface area contributed by atoms with Crippen LogP contribution in [0.3, 0.4) is 0 Å². The summed E-state index contributed by atoms with van der Waals surface area (Å²) < 4.78 is 40.7. The zero-order valence-electron chi connectivity index (χ0n) is 45.0. The van der Waals surface area contributed by atoms with E-state index in [1.807, 2.05) is 26.0 Å². The van der Waals surface area contributed by atoms with Gasteiger partial charge >= 0.3 is 0 Å². The van der Waals surface area contributed by atoms with Crippen LogP contribution in [0, 0.1) is 41.9 Å². The second-order valence-corrected chi connectivity index (χ2v) is 21.8. The van der Waals surface area contributed by atoms with Crippen LogP contribution < -0.4 is 25.0 Å². The van der Waals surface area contributed by atoms with Crippen molar-refractivity contribution in [2.45, 2.75) is 110 Å². The predicted molar refractivity (Wildman–Crippen MR) is 278 cm³/mol. The van der Waals surface area contributed by atoms with Gasteiger partial charge in [-0.2, -0.15) is 5.26 Å². The van der Waals surface area contributed by atoms with Gasteiger partial charge < -0.3 is 43.4 Å². The molecule has 4 fully saturated rings. The van der Waals surface area contributed by atoms with Gasteiger partial charge in [-0.25, -0.2) is 9.97 Å². The molecule has 0 radical (unpaired) electrons. The van der Waals surface area contributed by atoms with E-state index in [0.29, 0.717) is 94.0 Å². The molecule has 2 saturated heterocycles. The molecule has 3 aromatic rings. The summed E-state index contributed by atoms with van der Waals surface area (Å²) in [4.78, 5) is 79.6. The van der Waals surface area contributed by atoms with Gasteiger partial charge in [-0.05, 0) is 80.5 Å². The molecule has 20 nitrogen and oxygen atoms in total. The van der Waals surface area contributed by atoms with Crippen LogP contribution in [0.15, 0.2) is 42.7 Å². The molecule has 8 rings (SSSR count). The molecule has 2 aliphatic carbocycles. The molecule has 3 aliphatic heterocycles. The Morgan fingerprint density at radius 2 is 1.38 bits per heavy atom. The van der Waals surface area contributed by atoms with Gasteiger partial charge in [0.1, 0.15) is 29.7 Å². The second-order valence-electron chi connectivity index (χ2n) is 21.8. The van der Waals surface area contributed by atoms with E-state index in [-0.39, 0.29) is 65.0 Å². The molecule has 410 valence electrons. The first-order valence-electron chi connectivity index (χ1n) is 26.6. The topological polar surface area (TPSA) is 233 Å². The lowest BCUT2D eigenvalue weighted by atomic mass is 9.49. The highest BCUT2D eigenvalue weighted by molar-refractivity contribution is 6.23. The molecule has 5 aliphatic rings. The number of anilines is 1. The Morgan fingerprint density at radius 1 is 0.789 bits per heavy atom. The van der Waals surface area contributed by atoms with Crippen LogP contribution in [0.4, 0.5) is 5.95 Å². The number of aryl methyl sites for hydroxylation is 2. The van der Waals surface area contributed by atoms with Crippen LogP contribution in [-0.4, -0.2) is 172 Å². The third kappa shape index (κ3) is 12.8. The number of nitrogens with zero attached hydrogens (tertiary/aromatic N) is 6. The average molecular weight is 1050 g/mol. The highest BCUT2D eigenvalue weighted by atomic mass is 16.6. The van der Waals surface area contributed by atoms with E-state index in [9.17, 15) is 29.2 Å². The SMILES string of the molecule is COCCOCCOCCOCCOCCN(CC1CCN(c2ncc(C(=O)NC3C(C)(C)C(Oc4cc(C)c(C#N)c(C)c4)C3(C)C)cn2)CC1)C1CC(Oc2ccc3c(c2)C(=O)N(C2CCC(=O)NC2=O)C3=O)C1. The normalized spacial score (nSPS) is 22.9. The monoisotopic (exact) mass is 1050 g/mol. The first kappa shape index (κ1) is 56.1. The Bertz CT molecular complexity index is 2570. The van der Waals surface area contributed by atoms with Crippen molar-refractivity contribution in [3.63, 3.8) is 0 Å². The summed E-state index contributed by atoms with van der Waals surface area (Å²) in [6, 6.07) is 9.94. The number of ether oxygens (including phenoxy) is 7. The Kier molecular flexibility index (Phi) is 18.4. The van der Waals surface area contributed by atoms with Crippen molar-refractivity contribution in [1.82, 2.24) is 30.4 Å². The maximum Gasteiger partial charge on any atom is 0.262 e. The number of carbonyl (C=O) groups is 5. The van der Waals surface area contributed by atoms with Gasteiger partial charge in [-0.1, -0.05) is 27.7 Å². The van der Waals surface area contributed by atoms with Crippen LogP contribution in [0.1, 0.15) is 114 Å². The van der Waals surface area contributed by atoms with E-state index in [2.05, 4.69) is 64.2 Å². The number of aromatic nitrogens is 2. The predicted octanol–water partition coefficient (Wildman–Crippen LogP) is 4.82. The number of benzene rings is 2. The number of methoxy groups -OCH3 is 1. The molecular formula is C56H74N8O12.